The van der Waals surface area contributed by atoms with Gasteiger partial charge in [-0.1, -0.05) is 0 Å². The highest BCUT2D eigenvalue weighted by Crippen LogP contribution is 2.28. The minimum atomic E-state index is 0.322. The molecule has 2 aliphatic heterocycles. The van der Waals surface area contributed by atoms with Crippen molar-refractivity contribution in [2.75, 3.05) is 44.3 Å². The van der Waals surface area contributed by atoms with Crippen molar-refractivity contribution in [3.8, 4) is 6.07 Å². The van der Waals surface area contributed by atoms with Crippen LogP contribution in [0, 0.1) is 11.3 Å². The lowest BCUT2D eigenvalue weighted by atomic mass is 9.97. The molecule has 27 heavy (non-hydrogen) atoms. The van der Waals surface area contributed by atoms with E-state index in [1.54, 1.807) is 12.3 Å². The number of anilines is 1. The van der Waals surface area contributed by atoms with E-state index in [-0.39, 0.29) is 0 Å². The van der Waals surface area contributed by atoms with Crippen LogP contribution in [0.3, 0.4) is 0 Å². The van der Waals surface area contributed by atoms with Gasteiger partial charge in [0.1, 0.15) is 17.5 Å². The third-order valence-corrected chi connectivity index (χ3v) is 5.45. The van der Waals surface area contributed by atoms with Crippen LogP contribution in [0.5, 0.6) is 0 Å². The second-order valence-corrected chi connectivity index (χ2v) is 7.22. The number of piperidine rings is 1. The number of rotatable bonds is 4. The number of hydrogen-bond donors (Lipinski definition) is 0. The second-order valence-electron chi connectivity index (χ2n) is 7.22. The molecule has 0 N–H and O–H groups in total. The van der Waals surface area contributed by atoms with Crippen LogP contribution in [0.1, 0.15) is 36.0 Å². The molecule has 2 fully saturated rings. The zero-order valence-corrected chi connectivity index (χ0v) is 15.7. The molecular weight excluding hydrogens is 342 g/mol. The number of nitrogens with zero attached hydrogens (tertiary/aromatic N) is 7. The molecule has 1 unspecified atom stereocenters. The predicted molar refractivity (Wildman–Crippen MR) is 100 cm³/mol. The van der Waals surface area contributed by atoms with Gasteiger partial charge in [-0.25, -0.2) is 4.98 Å². The second kappa shape index (κ2) is 8.03. The highest BCUT2D eigenvalue weighted by atomic mass is 16.5. The van der Waals surface area contributed by atoms with Gasteiger partial charge >= 0.3 is 0 Å². The fraction of sp³-hybridized carbons (Fsp3) is 0.579. The molecule has 8 nitrogen and oxygen atoms in total. The number of aromatic nitrogens is 4. The normalized spacial score (nSPS) is 21.2. The Morgan fingerprint density at radius 1 is 1.26 bits per heavy atom. The summed E-state index contributed by atoms with van der Waals surface area (Å²) >= 11 is 0. The summed E-state index contributed by atoms with van der Waals surface area (Å²) in [5.41, 5.74) is 0.647. The molecule has 0 bridgehead atoms. The molecule has 0 aliphatic carbocycles. The molecular formula is C19H25N7O. The van der Waals surface area contributed by atoms with Gasteiger partial charge in [0.15, 0.2) is 0 Å². The van der Waals surface area contributed by atoms with E-state index in [4.69, 9.17) is 10.00 Å². The minimum absolute atomic E-state index is 0.322. The van der Waals surface area contributed by atoms with Crippen LogP contribution >= 0.6 is 0 Å². The summed E-state index contributed by atoms with van der Waals surface area (Å²) in [6.07, 6.45) is 3.88. The van der Waals surface area contributed by atoms with Crippen molar-refractivity contribution in [3.05, 3.63) is 35.5 Å². The molecule has 2 aromatic heterocycles. The van der Waals surface area contributed by atoms with Crippen LogP contribution in [0.4, 0.5) is 5.82 Å². The molecule has 1 atom stereocenters. The van der Waals surface area contributed by atoms with Gasteiger partial charge in [-0.05, 0) is 25.0 Å². The first kappa shape index (κ1) is 17.9. The Hall–Kier alpha value is -2.50. The molecule has 0 saturated carbocycles. The van der Waals surface area contributed by atoms with Crippen LogP contribution in [-0.2, 0) is 18.3 Å². The molecule has 8 heteroatoms. The Morgan fingerprint density at radius 3 is 2.93 bits per heavy atom. The Balaban J connectivity index is 1.47. The maximum absolute atomic E-state index is 9.13. The summed E-state index contributed by atoms with van der Waals surface area (Å²) in [7, 11) is 2.07. The number of ether oxygens (including phenoxy) is 1. The van der Waals surface area contributed by atoms with Crippen molar-refractivity contribution in [1.29, 1.82) is 5.26 Å². The van der Waals surface area contributed by atoms with Crippen LogP contribution in [0.15, 0.2) is 18.3 Å². The Kier molecular flexibility index (Phi) is 5.32. The zero-order valence-electron chi connectivity index (χ0n) is 15.7. The number of pyridine rings is 1. The number of nitriles is 1. The van der Waals surface area contributed by atoms with Gasteiger partial charge in [-0.15, -0.1) is 10.2 Å². The number of morpholine rings is 1. The van der Waals surface area contributed by atoms with Crippen molar-refractivity contribution in [2.45, 2.75) is 25.3 Å². The first-order valence-electron chi connectivity index (χ1n) is 9.54. The van der Waals surface area contributed by atoms with Crippen molar-refractivity contribution in [3.63, 3.8) is 0 Å². The van der Waals surface area contributed by atoms with Gasteiger partial charge in [-0.2, -0.15) is 5.26 Å². The van der Waals surface area contributed by atoms with Gasteiger partial charge in [0.25, 0.3) is 0 Å². The largest absolute Gasteiger partial charge is 0.379 e. The lowest BCUT2D eigenvalue weighted by Crippen LogP contribution is -2.37. The Morgan fingerprint density at radius 2 is 2.11 bits per heavy atom. The third-order valence-electron chi connectivity index (χ3n) is 5.45. The molecule has 0 amide bonds. The van der Waals surface area contributed by atoms with Gasteiger partial charge in [0.05, 0.1) is 31.4 Å². The van der Waals surface area contributed by atoms with E-state index in [2.05, 4.69) is 42.7 Å². The zero-order chi connectivity index (χ0) is 18.6. The summed E-state index contributed by atoms with van der Waals surface area (Å²) in [6.45, 7) is 6.09. The highest BCUT2D eigenvalue weighted by molar-refractivity contribution is 5.45. The molecule has 4 heterocycles. The maximum Gasteiger partial charge on any atom is 0.146 e. The molecule has 2 saturated heterocycles. The van der Waals surface area contributed by atoms with Gasteiger partial charge in [0.2, 0.25) is 0 Å². The van der Waals surface area contributed by atoms with E-state index < -0.39 is 0 Å². The molecule has 0 spiro atoms. The van der Waals surface area contributed by atoms with Crippen molar-refractivity contribution >= 4 is 5.82 Å². The molecule has 142 valence electrons. The highest BCUT2D eigenvalue weighted by Gasteiger charge is 2.27. The Labute approximate surface area is 159 Å². The molecule has 0 aromatic carbocycles. The first-order chi connectivity index (χ1) is 13.2. The summed E-state index contributed by atoms with van der Waals surface area (Å²) in [4.78, 5) is 9.08. The van der Waals surface area contributed by atoms with Crippen LogP contribution < -0.4 is 4.90 Å². The van der Waals surface area contributed by atoms with E-state index in [1.165, 1.54) is 0 Å². The lowest BCUT2D eigenvalue weighted by Gasteiger charge is -2.33. The first-order valence-corrected chi connectivity index (χ1v) is 9.54. The smallest absolute Gasteiger partial charge is 0.146 e. The van der Waals surface area contributed by atoms with Gasteiger partial charge < -0.3 is 14.2 Å². The summed E-state index contributed by atoms with van der Waals surface area (Å²) in [5, 5.41) is 18.1. The SMILES string of the molecule is Cn1c(CN2CCOCC2)nnc1C1CCCN(c2cc(C#N)ccn2)C1. The monoisotopic (exact) mass is 367 g/mol. The van der Waals surface area contributed by atoms with Crippen molar-refractivity contribution in [1.82, 2.24) is 24.6 Å². The quantitative estimate of drug-likeness (QED) is 0.805. The molecule has 2 aliphatic rings. The number of hydrogen-bond acceptors (Lipinski definition) is 7. The minimum Gasteiger partial charge on any atom is -0.379 e. The standard InChI is InChI=1S/C19H25N7O/c1-24-18(14-25-7-9-27-10-8-25)22-23-19(24)16-3-2-6-26(13-16)17-11-15(12-20)4-5-21-17/h4-5,11,16H,2-3,6-10,13-14H2,1H3. The van der Waals surface area contributed by atoms with Gasteiger partial charge in [-0.3, -0.25) is 4.90 Å². The van der Waals surface area contributed by atoms with E-state index in [9.17, 15) is 0 Å². The Bertz CT molecular complexity index is 822. The van der Waals surface area contributed by atoms with E-state index in [0.29, 0.717) is 11.5 Å². The molecule has 0 radical (unpaired) electrons. The van der Waals surface area contributed by atoms with Crippen molar-refractivity contribution < 1.29 is 4.74 Å². The predicted octanol–water partition coefficient (Wildman–Crippen LogP) is 1.30. The van der Waals surface area contributed by atoms with Crippen molar-refractivity contribution in [2.24, 2.45) is 7.05 Å². The molecule has 4 rings (SSSR count). The summed E-state index contributed by atoms with van der Waals surface area (Å²) < 4.78 is 7.58. The average Bonchev–Trinajstić information content (AvgIpc) is 3.09. The lowest BCUT2D eigenvalue weighted by molar-refractivity contribution is 0.0326. The summed E-state index contributed by atoms with van der Waals surface area (Å²) in [6, 6.07) is 5.80. The summed E-state index contributed by atoms with van der Waals surface area (Å²) in [5.74, 6) is 3.24. The van der Waals surface area contributed by atoms with Crippen LogP contribution in [0.25, 0.3) is 0 Å². The molecule has 2 aromatic rings. The third kappa shape index (κ3) is 3.94. The van der Waals surface area contributed by atoms with Gasteiger partial charge in [0, 0.05) is 45.3 Å². The average molecular weight is 367 g/mol. The fourth-order valence-corrected chi connectivity index (χ4v) is 3.88. The van der Waals surface area contributed by atoms with Crippen LogP contribution in [0.2, 0.25) is 0 Å². The van der Waals surface area contributed by atoms with E-state index >= 15 is 0 Å². The topological polar surface area (TPSA) is 83.1 Å². The maximum atomic E-state index is 9.13. The van der Waals surface area contributed by atoms with E-state index in [0.717, 1.165) is 76.2 Å². The van der Waals surface area contributed by atoms with E-state index in [1.807, 2.05) is 6.07 Å². The fourth-order valence-electron chi connectivity index (χ4n) is 3.88. The van der Waals surface area contributed by atoms with Crippen LogP contribution in [-0.4, -0.2) is 64.0 Å².